The lowest BCUT2D eigenvalue weighted by atomic mass is 9.87. The second kappa shape index (κ2) is 7.97. The number of rotatable bonds is 5. The van der Waals surface area contributed by atoms with Crippen molar-refractivity contribution in [2.24, 2.45) is 0 Å². The lowest BCUT2D eigenvalue weighted by molar-refractivity contribution is -0.133. The minimum atomic E-state index is -1.82. The molecule has 0 unspecified atom stereocenters. The van der Waals surface area contributed by atoms with Crippen LogP contribution in [0.15, 0.2) is 77.7 Å². The van der Waals surface area contributed by atoms with E-state index in [0.29, 0.717) is 22.5 Å². The molecule has 6 heteroatoms. The quantitative estimate of drug-likeness (QED) is 0.616. The molecule has 1 heterocycles. The van der Waals surface area contributed by atoms with E-state index >= 15 is 0 Å². The van der Waals surface area contributed by atoms with E-state index in [9.17, 15) is 14.7 Å². The average Bonchev–Trinajstić information content (AvgIpc) is 2.97. The number of para-hydroxylation sites is 1. The van der Waals surface area contributed by atoms with Crippen molar-refractivity contribution in [2.45, 2.75) is 17.4 Å². The summed E-state index contributed by atoms with van der Waals surface area (Å²) in [7, 11) is 0. The third kappa shape index (κ3) is 3.49. The highest BCUT2D eigenvalue weighted by Crippen LogP contribution is 2.44. The number of aliphatic hydroxyl groups is 1. The summed E-state index contributed by atoms with van der Waals surface area (Å²) in [6.07, 6.45) is 1.96. The van der Waals surface area contributed by atoms with E-state index in [1.54, 1.807) is 54.2 Å². The molecule has 0 spiro atoms. The van der Waals surface area contributed by atoms with Crippen LogP contribution in [0, 0.1) is 6.92 Å². The predicted octanol–water partition coefficient (Wildman–Crippen LogP) is 3.94. The first-order valence-electron chi connectivity index (χ1n) is 9.58. The van der Waals surface area contributed by atoms with Gasteiger partial charge in [-0.2, -0.15) is 0 Å². The lowest BCUT2D eigenvalue weighted by Gasteiger charge is -2.23. The Hall–Kier alpha value is -3.09. The molecule has 152 valence electrons. The number of fused-ring (bicyclic) bond motifs is 1. The number of thioether (sulfide) groups is 1. The Kier molecular flexibility index (Phi) is 5.37. The van der Waals surface area contributed by atoms with E-state index in [2.05, 4.69) is 5.32 Å². The first-order valence-corrected chi connectivity index (χ1v) is 10.8. The van der Waals surface area contributed by atoms with Crippen LogP contribution in [0.25, 0.3) is 0 Å². The van der Waals surface area contributed by atoms with E-state index in [1.807, 2.05) is 43.5 Å². The van der Waals surface area contributed by atoms with Crippen molar-refractivity contribution in [1.29, 1.82) is 0 Å². The molecule has 0 fully saturated rings. The smallest absolute Gasteiger partial charge is 0.268 e. The van der Waals surface area contributed by atoms with E-state index in [1.165, 1.54) is 4.90 Å². The fourth-order valence-corrected chi connectivity index (χ4v) is 4.17. The maximum absolute atomic E-state index is 13.4. The van der Waals surface area contributed by atoms with Gasteiger partial charge in [-0.25, -0.2) is 0 Å². The van der Waals surface area contributed by atoms with Gasteiger partial charge in [-0.3, -0.25) is 14.5 Å². The van der Waals surface area contributed by atoms with E-state index < -0.39 is 11.5 Å². The molecule has 0 aliphatic carbocycles. The Bertz CT molecular complexity index is 1110. The average molecular weight is 419 g/mol. The van der Waals surface area contributed by atoms with E-state index in [0.717, 1.165) is 10.5 Å². The molecule has 0 aromatic heterocycles. The summed E-state index contributed by atoms with van der Waals surface area (Å²) in [6, 6.07) is 21.8. The van der Waals surface area contributed by atoms with Crippen LogP contribution in [0.4, 0.5) is 11.4 Å². The van der Waals surface area contributed by atoms with E-state index in [-0.39, 0.29) is 12.5 Å². The first-order chi connectivity index (χ1) is 14.4. The van der Waals surface area contributed by atoms with Gasteiger partial charge < -0.3 is 10.4 Å². The number of nitrogens with zero attached hydrogens (tertiary/aromatic N) is 1. The van der Waals surface area contributed by atoms with Gasteiger partial charge in [0, 0.05) is 16.1 Å². The molecule has 3 aromatic rings. The minimum Gasteiger partial charge on any atom is -0.372 e. The Morgan fingerprint density at radius 1 is 1.07 bits per heavy atom. The second-order valence-electron chi connectivity index (χ2n) is 7.27. The van der Waals surface area contributed by atoms with Crippen LogP contribution in [0.3, 0.4) is 0 Å². The van der Waals surface area contributed by atoms with Crippen LogP contribution in [-0.2, 0) is 15.2 Å². The van der Waals surface area contributed by atoms with Gasteiger partial charge in [-0.15, -0.1) is 11.8 Å². The van der Waals surface area contributed by atoms with Crippen LogP contribution < -0.4 is 10.2 Å². The van der Waals surface area contributed by atoms with Crippen molar-refractivity contribution < 1.29 is 14.7 Å². The van der Waals surface area contributed by atoms with Crippen molar-refractivity contribution in [1.82, 2.24) is 0 Å². The van der Waals surface area contributed by atoms with Crippen molar-refractivity contribution in [3.8, 4) is 0 Å². The van der Waals surface area contributed by atoms with Gasteiger partial charge in [0.2, 0.25) is 5.91 Å². The molecule has 0 radical (unpaired) electrons. The largest absolute Gasteiger partial charge is 0.372 e. The third-order valence-corrected chi connectivity index (χ3v) is 5.99. The van der Waals surface area contributed by atoms with Crippen molar-refractivity contribution in [2.75, 3.05) is 23.0 Å². The maximum Gasteiger partial charge on any atom is 0.268 e. The third-order valence-electron chi connectivity index (χ3n) is 5.26. The van der Waals surface area contributed by atoms with Crippen LogP contribution in [0.1, 0.15) is 16.7 Å². The highest BCUT2D eigenvalue weighted by atomic mass is 32.2. The van der Waals surface area contributed by atoms with Crippen LogP contribution in [-0.4, -0.2) is 29.7 Å². The molecule has 2 amide bonds. The molecule has 0 saturated carbocycles. The minimum absolute atomic E-state index is 0.187. The molecule has 5 nitrogen and oxygen atoms in total. The molecule has 3 aromatic carbocycles. The molecule has 1 atom stereocenters. The van der Waals surface area contributed by atoms with Gasteiger partial charge in [0.25, 0.3) is 5.91 Å². The highest BCUT2D eigenvalue weighted by Gasteiger charge is 2.51. The maximum atomic E-state index is 13.4. The Morgan fingerprint density at radius 2 is 1.80 bits per heavy atom. The number of carbonyl (C=O) groups excluding carboxylic acids is 2. The zero-order valence-corrected chi connectivity index (χ0v) is 17.6. The van der Waals surface area contributed by atoms with Crippen LogP contribution >= 0.6 is 11.8 Å². The zero-order valence-electron chi connectivity index (χ0n) is 16.8. The molecule has 0 saturated heterocycles. The molecule has 0 bridgehead atoms. The Balaban J connectivity index is 1.63. The van der Waals surface area contributed by atoms with Crippen molar-refractivity contribution >= 4 is 35.0 Å². The molecule has 30 heavy (non-hydrogen) atoms. The monoisotopic (exact) mass is 418 g/mol. The summed E-state index contributed by atoms with van der Waals surface area (Å²) in [6.45, 7) is 1.76. The molecule has 1 aliphatic heterocycles. The number of hydrogen-bond acceptors (Lipinski definition) is 4. The van der Waals surface area contributed by atoms with Gasteiger partial charge in [-0.1, -0.05) is 54.1 Å². The number of anilines is 2. The fourth-order valence-electron chi connectivity index (χ4n) is 3.71. The predicted molar refractivity (Wildman–Crippen MR) is 120 cm³/mol. The number of benzene rings is 3. The number of aryl methyl sites for hydroxylation is 1. The summed E-state index contributed by atoms with van der Waals surface area (Å²) in [5, 5.41) is 14.3. The van der Waals surface area contributed by atoms with Crippen LogP contribution in [0.5, 0.6) is 0 Å². The fraction of sp³-hybridized carbons (Fsp3) is 0.167. The lowest BCUT2D eigenvalue weighted by Crippen LogP contribution is -2.44. The normalized spacial score (nSPS) is 17.7. The number of hydrogen-bond donors (Lipinski definition) is 2. The summed E-state index contributed by atoms with van der Waals surface area (Å²) in [4.78, 5) is 28.5. The van der Waals surface area contributed by atoms with Crippen molar-refractivity contribution in [3.63, 3.8) is 0 Å². The van der Waals surface area contributed by atoms with Gasteiger partial charge in [0.1, 0.15) is 6.54 Å². The molecular weight excluding hydrogens is 396 g/mol. The number of amides is 2. The summed E-state index contributed by atoms with van der Waals surface area (Å²) in [5.74, 6) is -0.856. The molecular formula is C24H22N2O3S. The number of carbonyl (C=O) groups is 2. The Morgan fingerprint density at radius 3 is 2.53 bits per heavy atom. The molecule has 4 rings (SSSR count). The van der Waals surface area contributed by atoms with Gasteiger partial charge in [0.15, 0.2) is 5.60 Å². The summed E-state index contributed by atoms with van der Waals surface area (Å²) < 4.78 is 0. The Labute approximate surface area is 179 Å². The van der Waals surface area contributed by atoms with E-state index in [4.69, 9.17) is 0 Å². The number of nitrogens with one attached hydrogen (secondary N) is 1. The van der Waals surface area contributed by atoms with Crippen LogP contribution in [0.2, 0.25) is 0 Å². The molecule has 1 aliphatic rings. The van der Waals surface area contributed by atoms with Gasteiger partial charge in [0.05, 0.1) is 5.69 Å². The molecule has 2 N–H and O–H groups in total. The summed E-state index contributed by atoms with van der Waals surface area (Å²) in [5.41, 5.74) is 1.39. The first kappa shape index (κ1) is 20.2. The standard InChI is InChI=1S/C24H22N2O3S/c1-16-10-12-17(13-11-16)24(29)20-8-3-4-9-21(20)26(23(24)28)15-22(27)25-18-6-5-7-19(14-18)30-2/h3-14,29H,15H2,1-2H3,(H,25,27)/t24-/m1/s1. The highest BCUT2D eigenvalue weighted by molar-refractivity contribution is 7.98. The van der Waals surface area contributed by atoms with Crippen molar-refractivity contribution in [3.05, 3.63) is 89.5 Å². The van der Waals surface area contributed by atoms with Gasteiger partial charge >= 0.3 is 0 Å². The topological polar surface area (TPSA) is 69.6 Å². The van der Waals surface area contributed by atoms with Gasteiger partial charge in [-0.05, 0) is 43.0 Å². The summed E-state index contributed by atoms with van der Waals surface area (Å²) >= 11 is 1.58. The second-order valence-corrected chi connectivity index (χ2v) is 8.14. The zero-order chi connectivity index (χ0) is 21.3. The SMILES string of the molecule is CSc1cccc(NC(=O)CN2C(=O)[C@@](O)(c3ccc(C)cc3)c3ccccc32)c1.